The van der Waals surface area contributed by atoms with Gasteiger partial charge in [0.1, 0.15) is 0 Å². The van der Waals surface area contributed by atoms with Crippen molar-refractivity contribution < 1.29 is 4.79 Å². The molecule has 0 saturated heterocycles. The summed E-state index contributed by atoms with van der Waals surface area (Å²) in [7, 11) is 0. The van der Waals surface area contributed by atoms with E-state index in [9.17, 15) is 4.79 Å². The molecule has 2 heteroatoms. The van der Waals surface area contributed by atoms with E-state index in [2.05, 4.69) is 6.07 Å². The third-order valence-electron chi connectivity index (χ3n) is 3.98. The van der Waals surface area contributed by atoms with Crippen LogP contribution in [0.3, 0.4) is 0 Å². The van der Waals surface area contributed by atoms with Crippen LogP contribution in [0.15, 0.2) is 48.5 Å². The van der Waals surface area contributed by atoms with Crippen molar-refractivity contribution in [1.82, 2.24) is 0 Å². The molecular weight excluding hydrogens is 246 g/mol. The molecule has 0 spiro atoms. The van der Waals surface area contributed by atoms with Gasteiger partial charge in [-0.1, -0.05) is 36.4 Å². The predicted octanol–water partition coefficient (Wildman–Crippen LogP) is 3.55. The van der Waals surface area contributed by atoms with Gasteiger partial charge in [0.15, 0.2) is 5.78 Å². The fourth-order valence-electron chi connectivity index (χ4n) is 2.85. The van der Waals surface area contributed by atoms with Crippen molar-refractivity contribution in [3.63, 3.8) is 0 Å². The molecule has 0 aromatic heterocycles. The Hall–Kier alpha value is -2.40. The Morgan fingerprint density at radius 3 is 2.60 bits per heavy atom. The fraction of sp³-hybridized carbons (Fsp3) is 0.222. The Kier molecular flexibility index (Phi) is 3.35. The molecule has 0 fully saturated rings. The lowest BCUT2D eigenvalue weighted by Crippen LogP contribution is -2.24. The zero-order valence-corrected chi connectivity index (χ0v) is 11.2. The Morgan fingerprint density at radius 1 is 1.10 bits per heavy atom. The van der Waals surface area contributed by atoms with Gasteiger partial charge < -0.3 is 0 Å². The highest BCUT2D eigenvalue weighted by molar-refractivity contribution is 6.00. The normalized spacial score (nSPS) is 17.4. The number of benzene rings is 2. The number of nitriles is 1. The quantitative estimate of drug-likeness (QED) is 0.829. The maximum absolute atomic E-state index is 12.5. The van der Waals surface area contributed by atoms with E-state index >= 15 is 0 Å². The molecule has 0 N–H and O–H groups in total. The molecule has 98 valence electrons. The third-order valence-corrected chi connectivity index (χ3v) is 3.98. The summed E-state index contributed by atoms with van der Waals surface area (Å²) in [4.78, 5) is 12.5. The van der Waals surface area contributed by atoms with E-state index in [0.717, 1.165) is 30.4 Å². The minimum atomic E-state index is 0.0674. The van der Waals surface area contributed by atoms with E-state index in [-0.39, 0.29) is 11.7 Å². The SMILES string of the molecule is N#Cc1ccc(CC2CCc3ccccc3C2=O)cc1. The van der Waals surface area contributed by atoms with E-state index < -0.39 is 0 Å². The number of carbonyl (C=O) groups excluding carboxylic acids is 1. The summed E-state index contributed by atoms with van der Waals surface area (Å²) >= 11 is 0. The van der Waals surface area contributed by atoms with Crippen LogP contribution in [-0.2, 0) is 12.8 Å². The smallest absolute Gasteiger partial charge is 0.166 e. The number of rotatable bonds is 2. The molecule has 1 atom stereocenters. The van der Waals surface area contributed by atoms with Gasteiger partial charge in [-0.15, -0.1) is 0 Å². The number of carbonyl (C=O) groups is 1. The summed E-state index contributed by atoms with van der Waals surface area (Å²) in [5.41, 5.74) is 3.85. The van der Waals surface area contributed by atoms with Gasteiger partial charge in [0.05, 0.1) is 11.6 Å². The van der Waals surface area contributed by atoms with Gasteiger partial charge in [-0.2, -0.15) is 5.26 Å². The number of hydrogen-bond acceptors (Lipinski definition) is 2. The van der Waals surface area contributed by atoms with Crippen LogP contribution in [-0.4, -0.2) is 5.78 Å². The Labute approximate surface area is 118 Å². The lowest BCUT2D eigenvalue weighted by molar-refractivity contribution is 0.0901. The molecule has 0 saturated carbocycles. The Balaban J connectivity index is 1.79. The molecule has 1 unspecified atom stereocenters. The summed E-state index contributed by atoms with van der Waals surface area (Å²) in [5.74, 6) is 0.328. The number of Topliss-reactive ketones (excluding diaryl/α,β-unsaturated/α-hetero) is 1. The zero-order chi connectivity index (χ0) is 13.9. The van der Waals surface area contributed by atoms with Crippen LogP contribution in [0, 0.1) is 17.2 Å². The van der Waals surface area contributed by atoms with Crippen molar-refractivity contribution in [2.45, 2.75) is 19.3 Å². The van der Waals surface area contributed by atoms with Gasteiger partial charge in [-0.3, -0.25) is 4.79 Å². The molecule has 0 heterocycles. The predicted molar refractivity (Wildman–Crippen MR) is 77.4 cm³/mol. The van der Waals surface area contributed by atoms with Crippen LogP contribution < -0.4 is 0 Å². The first-order valence-corrected chi connectivity index (χ1v) is 6.89. The molecule has 2 nitrogen and oxygen atoms in total. The van der Waals surface area contributed by atoms with Gasteiger partial charge >= 0.3 is 0 Å². The summed E-state index contributed by atoms with van der Waals surface area (Å²) in [6.45, 7) is 0. The molecular formula is C18H15NO. The van der Waals surface area contributed by atoms with Crippen LogP contribution in [0.1, 0.15) is 33.5 Å². The van der Waals surface area contributed by atoms with E-state index in [1.165, 1.54) is 5.56 Å². The number of hydrogen-bond donors (Lipinski definition) is 0. The summed E-state index contributed by atoms with van der Waals surface area (Å²) in [5, 5.41) is 8.80. The first-order chi connectivity index (χ1) is 9.78. The van der Waals surface area contributed by atoms with Crippen LogP contribution >= 0.6 is 0 Å². The van der Waals surface area contributed by atoms with Crippen molar-refractivity contribution >= 4 is 5.78 Å². The molecule has 3 rings (SSSR count). The second-order valence-corrected chi connectivity index (χ2v) is 5.27. The first-order valence-electron chi connectivity index (χ1n) is 6.89. The van der Waals surface area contributed by atoms with Crippen molar-refractivity contribution in [3.05, 3.63) is 70.8 Å². The monoisotopic (exact) mass is 261 g/mol. The number of fused-ring (bicyclic) bond motifs is 1. The highest BCUT2D eigenvalue weighted by Gasteiger charge is 2.26. The largest absolute Gasteiger partial charge is 0.294 e. The minimum Gasteiger partial charge on any atom is -0.294 e. The van der Waals surface area contributed by atoms with Crippen LogP contribution in [0.5, 0.6) is 0 Å². The lowest BCUT2D eigenvalue weighted by atomic mass is 9.80. The first kappa shape index (κ1) is 12.6. The second-order valence-electron chi connectivity index (χ2n) is 5.27. The molecule has 1 aliphatic rings. The van der Waals surface area contributed by atoms with Crippen LogP contribution in [0.4, 0.5) is 0 Å². The highest BCUT2D eigenvalue weighted by Crippen LogP contribution is 2.27. The van der Waals surface area contributed by atoms with Gasteiger partial charge in [-0.25, -0.2) is 0 Å². The maximum atomic E-state index is 12.5. The van der Waals surface area contributed by atoms with E-state index in [1.54, 1.807) is 0 Å². The molecule has 2 aromatic carbocycles. The molecule has 1 aliphatic carbocycles. The molecule has 0 radical (unpaired) electrons. The maximum Gasteiger partial charge on any atom is 0.166 e. The average Bonchev–Trinajstić information content (AvgIpc) is 2.51. The molecule has 0 amide bonds. The van der Waals surface area contributed by atoms with Crippen molar-refractivity contribution in [3.8, 4) is 6.07 Å². The standard InChI is InChI=1S/C18H15NO/c19-12-14-7-5-13(6-8-14)11-16-10-9-15-3-1-2-4-17(15)18(16)20/h1-8,16H,9-11H2. The molecule has 2 aromatic rings. The van der Waals surface area contributed by atoms with Gasteiger partial charge in [-0.05, 0) is 42.5 Å². The second kappa shape index (κ2) is 5.30. The Bertz CT molecular complexity index is 679. The lowest BCUT2D eigenvalue weighted by Gasteiger charge is -2.23. The van der Waals surface area contributed by atoms with E-state index in [4.69, 9.17) is 5.26 Å². The minimum absolute atomic E-state index is 0.0674. The topological polar surface area (TPSA) is 40.9 Å². The van der Waals surface area contributed by atoms with Gasteiger partial charge in [0.25, 0.3) is 0 Å². The van der Waals surface area contributed by atoms with Crippen molar-refractivity contribution in [2.24, 2.45) is 5.92 Å². The molecule has 20 heavy (non-hydrogen) atoms. The Morgan fingerprint density at radius 2 is 1.85 bits per heavy atom. The third kappa shape index (κ3) is 2.35. The van der Waals surface area contributed by atoms with Gasteiger partial charge in [0.2, 0.25) is 0 Å². The van der Waals surface area contributed by atoms with Gasteiger partial charge in [0, 0.05) is 11.5 Å². The van der Waals surface area contributed by atoms with Crippen molar-refractivity contribution in [2.75, 3.05) is 0 Å². The fourth-order valence-corrected chi connectivity index (χ4v) is 2.85. The number of nitrogens with zero attached hydrogens (tertiary/aromatic N) is 1. The molecule has 0 bridgehead atoms. The number of ketones is 1. The highest BCUT2D eigenvalue weighted by atomic mass is 16.1. The summed E-state index contributed by atoms with van der Waals surface area (Å²) in [6.07, 6.45) is 2.65. The average molecular weight is 261 g/mol. The number of aryl methyl sites for hydroxylation is 1. The summed E-state index contributed by atoms with van der Waals surface area (Å²) < 4.78 is 0. The van der Waals surface area contributed by atoms with E-state index in [0.29, 0.717) is 5.56 Å². The van der Waals surface area contributed by atoms with Crippen LogP contribution in [0.2, 0.25) is 0 Å². The molecule has 0 aliphatic heterocycles. The van der Waals surface area contributed by atoms with Crippen LogP contribution in [0.25, 0.3) is 0 Å². The summed E-state index contributed by atoms with van der Waals surface area (Å²) in [6, 6.07) is 17.6. The van der Waals surface area contributed by atoms with E-state index in [1.807, 2.05) is 48.5 Å². The van der Waals surface area contributed by atoms with Crippen molar-refractivity contribution in [1.29, 1.82) is 5.26 Å². The zero-order valence-electron chi connectivity index (χ0n) is 11.2.